The molecular formula is C23H40IN3O3. The third-order valence-electron chi connectivity index (χ3n) is 5.57. The van der Waals surface area contributed by atoms with Gasteiger partial charge in [-0.15, -0.1) is 24.0 Å². The van der Waals surface area contributed by atoms with E-state index in [0.29, 0.717) is 18.6 Å². The molecule has 0 aliphatic heterocycles. The Hall–Kier alpha value is -1.22. The first-order valence-electron chi connectivity index (χ1n) is 11.1. The van der Waals surface area contributed by atoms with Gasteiger partial charge in [-0.05, 0) is 63.1 Å². The molecular weight excluding hydrogens is 493 g/mol. The van der Waals surface area contributed by atoms with Crippen molar-refractivity contribution in [3.8, 4) is 11.5 Å². The molecule has 0 spiro atoms. The number of hydrogen-bond acceptors (Lipinski definition) is 4. The minimum atomic E-state index is 0. The molecule has 6 nitrogen and oxygen atoms in total. The standard InChI is InChI=1S/C23H39N3O3.HI/c1-5-24-22(26-18-23(12-8-9-13-23)14-15-28-6-2)25-17-19-10-11-20(29-7-3)21(16-19)27-4;/h10-11,16H,5-9,12-15,17-18H2,1-4H3,(H2,24,25,26);1H. The van der Waals surface area contributed by atoms with E-state index >= 15 is 0 Å². The van der Waals surface area contributed by atoms with Crippen LogP contribution in [0.25, 0.3) is 0 Å². The molecule has 1 fully saturated rings. The molecule has 172 valence electrons. The van der Waals surface area contributed by atoms with Crippen LogP contribution in [0.4, 0.5) is 0 Å². The van der Waals surface area contributed by atoms with Gasteiger partial charge in [-0.25, -0.2) is 4.99 Å². The monoisotopic (exact) mass is 533 g/mol. The summed E-state index contributed by atoms with van der Waals surface area (Å²) >= 11 is 0. The molecule has 1 aliphatic rings. The number of hydrogen-bond donors (Lipinski definition) is 2. The van der Waals surface area contributed by atoms with Crippen molar-refractivity contribution in [3.05, 3.63) is 23.8 Å². The Morgan fingerprint density at radius 3 is 2.47 bits per heavy atom. The Morgan fingerprint density at radius 1 is 1.07 bits per heavy atom. The maximum atomic E-state index is 5.63. The molecule has 1 aromatic rings. The molecule has 0 saturated heterocycles. The van der Waals surface area contributed by atoms with E-state index in [4.69, 9.17) is 19.2 Å². The lowest BCUT2D eigenvalue weighted by Crippen LogP contribution is -2.43. The Morgan fingerprint density at radius 2 is 1.83 bits per heavy atom. The van der Waals surface area contributed by atoms with Gasteiger partial charge in [-0.3, -0.25) is 0 Å². The molecule has 0 heterocycles. The summed E-state index contributed by atoms with van der Waals surface area (Å²) < 4.78 is 16.7. The van der Waals surface area contributed by atoms with Crippen LogP contribution in [0.1, 0.15) is 58.4 Å². The quantitative estimate of drug-likeness (QED) is 0.176. The van der Waals surface area contributed by atoms with Crippen LogP contribution >= 0.6 is 24.0 Å². The Labute approximate surface area is 199 Å². The summed E-state index contributed by atoms with van der Waals surface area (Å²) in [7, 11) is 1.67. The molecule has 0 radical (unpaired) electrons. The van der Waals surface area contributed by atoms with Gasteiger partial charge in [0, 0.05) is 26.3 Å². The SMILES string of the molecule is CCNC(=NCc1ccc(OCC)c(OC)c1)NCC1(CCOCC)CCCC1.I. The average molecular weight is 533 g/mol. The summed E-state index contributed by atoms with van der Waals surface area (Å²) in [6, 6.07) is 5.99. The molecule has 1 aromatic carbocycles. The third-order valence-corrected chi connectivity index (χ3v) is 5.57. The first-order chi connectivity index (χ1) is 14.2. The van der Waals surface area contributed by atoms with Crippen LogP contribution in [0.3, 0.4) is 0 Å². The van der Waals surface area contributed by atoms with Crippen molar-refractivity contribution in [2.24, 2.45) is 10.4 Å². The summed E-state index contributed by atoms with van der Waals surface area (Å²) in [5.41, 5.74) is 1.42. The van der Waals surface area contributed by atoms with Crippen LogP contribution < -0.4 is 20.1 Å². The molecule has 1 aliphatic carbocycles. The van der Waals surface area contributed by atoms with Gasteiger partial charge in [0.15, 0.2) is 17.5 Å². The summed E-state index contributed by atoms with van der Waals surface area (Å²) in [6.07, 6.45) is 6.27. The van der Waals surface area contributed by atoms with Crippen LogP contribution in [0, 0.1) is 5.41 Å². The van der Waals surface area contributed by atoms with Gasteiger partial charge < -0.3 is 24.8 Å². The Bertz CT molecular complexity index is 634. The first-order valence-corrected chi connectivity index (χ1v) is 11.1. The molecule has 0 bridgehead atoms. The first kappa shape index (κ1) is 26.8. The molecule has 0 atom stereocenters. The van der Waals surface area contributed by atoms with Crippen molar-refractivity contribution in [2.45, 2.75) is 59.4 Å². The number of nitrogens with one attached hydrogen (secondary N) is 2. The maximum absolute atomic E-state index is 5.63. The van der Waals surface area contributed by atoms with Crippen LogP contribution in [-0.2, 0) is 11.3 Å². The average Bonchev–Trinajstić information content (AvgIpc) is 3.20. The van der Waals surface area contributed by atoms with Crippen molar-refractivity contribution in [3.63, 3.8) is 0 Å². The second kappa shape index (κ2) is 14.7. The largest absolute Gasteiger partial charge is 0.493 e. The second-order valence-corrected chi connectivity index (χ2v) is 7.62. The topological polar surface area (TPSA) is 64.1 Å². The van der Waals surface area contributed by atoms with Gasteiger partial charge in [0.25, 0.3) is 0 Å². The lowest BCUT2D eigenvalue weighted by Gasteiger charge is -2.30. The van der Waals surface area contributed by atoms with Crippen molar-refractivity contribution < 1.29 is 14.2 Å². The summed E-state index contributed by atoms with van der Waals surface area (Å²) in [6.45, 7) is 10.7. The molecule has 0 amide bonds. The van der Waals surface area contributed by atoms with Crippen LogP contribution in [0.5, 0.6) is 11.5 Å². The Kier molecular flexibility index (Phi) is 13.2. The number of rotatable bonds is 12. The van der Waals surface area contributed by atoms with E-state index in [1.807, 2.05) is 25.1 Å². The van der Waals surface area contributed by atoms with E-state index in [1.54, 1.807) is 7.11 Å². The maximum Gasteiger partial charge on any atom is 0.191 e. The van der Waals surface area contributed by atoms with E-state index < -0.39 is 0 Å². The second-order valence-electron chi connectivity index (χ2n) is 7.62. The predicted molar refractivity (Wildman–Crippen MR) is 134 cm³/mol. The number of methoxy groups -OCH3 is 1. The van der Waals surface area contributed by atoms with Gasteiger partial charge in [-0.2, -0.15) is 0 Å². The van der Waals surface area contributed by atoms with E-state index in [0.717, 1.165) is 55.7 Å². The lowest BCUT2D eigenvalue weighted by atomic mass is 9.83. The number of nitrogens with zero attached hydrogens (tertiary/aromatic N) is 1. The normalized spacial score (nSPS) is 15.4. The number of ether oxygens (including phenoxy) is 3. The van der Waals surface area contributed by atoms with Crippen molar-refractivity contribution in [1.82, 2.24) is 10.6 Å². The van der Waals surface area contributed by atoms with Crippen LogP contribution in [0.2, 0.25) is 0 Å². The minimum Gasteiger partial charge on any atom is -0.493 e. The van der Waals surface area contributed by atoms with Gasteiger partial charge in [0.1, 0.15) is 0 Å². The Balaban J connectivity index is 0.00000450. The highest BCUT2D eigenvalue weighted by molar-refractivity contribution is 14.0. The zero-order valence-corrected chi connectivity index (χ0v) is 21.4. The van der Waals surface area contributed by atoms with E-state index in [1.165, 1.54) is 25.7 Å². The summed E-state index contributed by atoms with van der Waals surface area (Å²) in [4.78, 5) is 4.79. The molecule has 0 aromatic heterocycles. The van der Waals surface area contributed by atoms with E-state index in [2.05, 4.69) is 24.5 Å². The molecule has 2 rings (SSSR count). The molecule has 2 N–H and O–H groups in total. The highest BCUT2D eigenvalue weighted by atomic mass is 127. The smallest absolute Gasteiger partial charge is 0.191 e. The fourth-order valence-electron chi connectivity index (χ4n) is 3.94. The van der Waals surface area contributed by atoms with Crippen molar-refractivity contribution >= 4 is 29.9 Å². The van der Waals surface area contributed by atoms with Gasteiger partial charge in [0.2, 0.25) is 0 Å². The van der Waals surface area contributed by atoms with Crippen LogP contribution in [-0.4, -0.2) is 46.0 Å². The van der Waals surface area contributed by atoms with Gasteiger partial charge in [0.05, 0.1) is 20.3 Å². The van der Waals surface area contributed by atoms with Crippen molar-refractivity contribution in [1.29, 1.82) is 0 Å². The van der Waals surface area contributed by atoms with Crippen LogP contribution in [0.15, 0.2) is 23.2 Å². The third kappa shape index (κ3) is 8.49. The van der Waals surface area contributed by atoms with Gasteiger partial charge in [-0.1, -0.05) is 18.9 Å². The number of guanidine groups is 1. The number of halogens is 1. The van der Waals surface area contributed by atoms with E-state index in [9.17, 15) is 0 Å². The molecule has 1 saturated carbocycles. The number of aliphatic imine (C=N–C) groups is 1. The fraction of sp³-hybridized carbons (Fsp3) is 0.696. The number of benzene rings is 1. The summed E-state index contributed by atoms with van der Waals surface area (Å²) in [5, 5.41) is 6.96. The molecule has 0 unspecified atom stereocenters. The van der Waals surface area contributed by atoms with Crippen molar-refractivity contribution in [2.75, 3.05) is 40.0 Å². The fourth-order valence-corrected chi connectivity index (χ4v) is 3.94. The summed E-state index contributed by atoms with van der Waals surface area (Å²) in [5.74, 6) is 2.38. The minimum absolute atomic E-state index is 0. The molecule has 30 heavy (non-hydrogen) atoms. The van der Waals surface area contributed by atoms with E-state index in [-0.39, 0.29) is 24.0 Å². The lowest BCUT2D eigenvalue weighted by molar-refractivity contribution is 0.105. The van der Waals surface area contributed by atoms with Gasteiger partial charge >= 0.3 is 0 Å². The zero-order chi connectivity index (χ0) is 21.0. The highest BCUT2D eigenvalue weighted by Gasteiger charge is 2.33. The zero-order valence-electron chi connectivity index (χ0n) is 19.1. The molecule has 7 heteroatoms. The predicted octanol–water partition coefficient (Wildman–Crippen LogP) is 4.75. The highest BCUT2D eigenvalue weighted by Crippen LogP contribution is 2.40.